The number of rotatable bonds is 3. The third kappa shape index (κ3) is 4.24. The third-order valence-corrected chi connectivity index (χ3v) is 6.68. The lowest BCUT2D eigenvalue weighted by Gasteiger charge is -2.32. The first-order chi connectivity index (χ1) is 16.2. The van der Waals surface area contributed by atoms with Crippen LogP contribution < -0.4 is 20.4 Å². The van der Waals surface area contributed by atoms with E-state index in [1.54, 1.807) is 6.20 Å². The van der Waals surface area contributed by atoms with Crippen LogP contribution in [0.1, 0.15) is 25.3 Å². The molecule has 4 heterocycles. The number of aromatic nitrogens is 2. The van der Waals surface area contributed by atoms with Gasteiger partial charge in [0.15, 0.2) is 18.2 Å². The fraction of sp³-hybridized carbons (Fsp3) is 0.417. The van der Waals surface area contributed by atoms with Gasteiger partial charge in [-0.2, -0.15) is 4.98 Å². The van der Waals surface area contributed by atoms with Crippen molar-refractivity contribution in [2.75, 3.05) is 48.4 Å². The molecule has 1 atom stereocenters. The summed E-state index contributed by atoms with van der Waals surface area (Å²) < 4.78 is 33.5. The highest BCUT2D eigenvalue weighted by Crippen LogP contribution is 2.41. The zero-order chi connectivity index (χ0) is 24.0. The van der Waals surface area contributed by atoms with Crippen molar-refractivity contribution in [2.24, 2.45) is 5.92 Å². The van der Waals surface area contributed by atoms with Crippen molar-refractivity contribution >= 4 is 40.4 Å². The second-order valence-corrected chi connectivity index (χ2v) is 9.53. The predicted octanol–water partition coefficient (Wildman–Crippen LogP) is 5.00. The van der Waals surface area contributed by atoms with E-state index in [1.165, 1.54) is 6.42 Å². The molecule has 1 aromatic carbocycles. The molecule has 0 bridgehead atoms. The van der Waals surface area contributed by atoms with Crippen LogP contribution in [0.3, 0.4) is 0 Å². The van der Waals surface area contributed by atoms with Gasteiger partial charge in [0.05, 0.1) is 29.8 Å². The normalized spacial score (nSPS) is 21.8. The summed E-state index contributed by atoms with van der Waals surface area (Å²) in [4.78, 5) is 13.1. The maximum Gasteiger partial charge on any atom is 0.298 e. The second-order valence-electron chi connectivity index (χ2n) is 9.12. The summed E-state index contributed by atoms with van der Waals surface area (Å²) in [7, 11) is 1.83. The van der Waals surface area contributed by atoms with Crippen LogP contribution in [0, 0.1) is 5.92 Å². The van der Waals surface area contributed by atoms with Crippen LogP contribution in [0.2, 0.25) is 5.02 Å². The highest BCUT2D eigenvalue weighted by Gasteiger charge is 2.38. The summed E-state index contributed by atoms with van der Waals surface area (Å²) in [6.45, 7) is 6.86. The van der Waals surface area contributed by atoms with Gasteiger partial charge in [-0.3, -0.25) is 0 Å². The largest absolute Gasteiger partial charge is 0.483 e. The number of likely N-dealkylation sites (N-methyl/N-ethyl adjacent to an activating group) is 1. The smallest absolute Gasteiger partial charge is 0.298 e. The molecule has 5 rings (SSSR count). The van der Waals surface area contributed by atoms with Crippen LogP contribution in [0.5, 0.6) is 0 Å². The van der Waals surface area contributed by atoms with Gasteiger partial charge in [0.2, 0.25) is 5.95 Å². The van der Waals surface area contributed by atoms with Gasteiger partial charge in [-0.05, 0) is 37.0 Å². The summed E-state index contributed by atoms with van der Waals surface area (Å²) in [5.74, 6) is -0.946. The number of alkyl halides is 2. The maximum atomic E-state index is 14.0. The molecule has 34 heavy (non-hydrogen) atoms. The van der Waals surface area contributed by atoms with E-state index in [1.807, 2.05) is 30.1 Å². The average Bonchev–Trinajstić information content (AvgIpc) is 2.97. The van der Waals surface area contributed by atoms with Gasteiger partial charge in [-0.1, -0.05) is 25.1 Å². The number of nitrogens with zero attached hydrogens (tertiary/aromatic N) is 4. The molecule has 2 N–H and O–H groups in total. The Balaban J connectivity index is 1.47. The monoisotopic (exact) mass is 488 g/mol. The molecular formula is C24H27ClF2N6O. The molecule has 10 heteroatoms. The summed E-state index contributed by atoms with van der Waals surface area (Å²) in [5.41, 5.74) is 3.28. The Morgan fingerprint density at radius 1 is 1.35 bits per heavy atom. The standard InChI is InChI=1S/C24H27ClF2N6O/c1-14-5-4-8-33(11-14)23-28-10-18(25)22(31-23)30-16-6-7-19-17(9-16)20-21(15(2)32(19)3)34-13-24(26,27)12-29-20/h6-7,9-10,14,29H,2,4-5,8,11-13H2,1,3H3,(H,28,30,31). The Morgan fingerprint density at radius 3 is 2.97 bits per heavy atom. The molecule has 180 valence electrons. The Labute approximate surface area is 202 Å². The van der Waals surface area contributed by atoms with Crippen LogP contribution in [-0.4, -0.2) is 49.2 Å². The lowest BCUT2D eigenvalue weighted by atomic mass is 10.0. The lowest BCUT2D eigenvalue weighted by molar-refractivity contribution is -0.0488. The number of nitrogens with one attached hydrogen (secondary N) is 2. The van der Waals surface area contributed by atoms with Crippen molar-refractivity contribution < 1.29 is 13.5 Å². The number of halogens is 3. The van der Waals surface area contributed by atoms with Gasteiger partial charge < -0.3 is 25.2 Å². The fourth-order valence-corrected chi connectivity index (χ4v) is 4.69. The third-order valence-electron chi connectivity index (χ3n) is 6.41. The molecule has 1 saturated heterocycles. The predicted molar refractivity (Wildman–Crippen MR) is 131 cm³/mol. The van der Waals surface area contributed by atoms with E-state index in [-0.39, 0.29) is 0 Å². The fourth-order valence-electron chi connectivity index (χ4n) is 4.55. The van der Waals surface area contributed by atoms with E-state index in [0.29, 0.717) is 45.5 Å². The van der Waals surface area contributed by atoms with Crippen LogP contribution in [0.25, 0.3) is 5.70 Å². The molecule has 2 aromatic rings. The Morgan fingerprint density at radius 2 is 2.18 bits per heavy atom. The summed E-state index contributed by atoms with van der Waals surface area (Å²) >= 11 is 6.41. The number of hydrogen-bond donors (Lipinski definition) is 2. The summed E-state index contributed by atoms with van der Waals surface area (Å²) in [5, 5.41) is 6.54. The van der Waals surface area contributed by atoms with E-state index < -0.39 is 19.1 Å². The highest BCUT2D eigenvalue weighted by molar-refractivity contribution is 6.32. The van der Waals surface area contributed by atoms with Crippen molar-refractivity contribution in [3.8, 4) is 0 Å². The Hall–Kier alpha value is -3.07. The average molecular weight is 489 g/mol. The molecule has 1 unspecified atom stereocenters. The van der Waals surface area contributed by atoms with Crippen LogP contribution in [0.15, 0.2) is 42.4 Å². The van der Waals surface area contributed by atoms with E-state index in [4.69, 9.17) is 16.3 Å². The molecule has 3 aliphatic rings. The minimum atomic E-state index is -2.98. The first-order valence-corrected chi connectivity index (χ1v) is 11.7. The van der Waals surface area contributed by atoms with Crippen molar-refractivity contribution in [3.05, 3.63) is 53.0 Å². The minimum absolute atomic E-state index is 0.325. The number of anilines is 4. The topological polar surface area (TPSA) is 65.5 Å². The number of benzene rings is 1. The summed E-state index contributed by atoms with van der Waals surface area (Å²) in [6.07, 6.45) is 3.91. The Kier molecular flexibility index (Phi) is 5.75. The molecule has 1 fully saturated rings. The second kappa shape index (κ2) is 8.61. The van der Waals surface area contributed by atoms with Gasteiger partial charge in [0, 0.05) is 31.4 Å². The minimum Gasteiger partial charge on any atom is -0.483 e. The lowest BCUT2D eigenvalue weighted by Crippen LogP contribution is -2.35. The Bertz CT molecular complexity index is 1170. The van der Waals surface area contributed by atoms with Crippen LogP contribution in [0.4, 0.5) is 31.9 Å². The van der Waals surface area contributed by atoms with Gasteiger partial charge in [-0.25, -0.2) is 13.8 Å². The molecule has 0 spiro atoms. The van der Waals surface area contributed by atoms with Crippen molar-refractivity contribution in [1.82, 2.24) is 15.3 Å². The first-order valence-electron chi connectivity index (χ1n) is 11.3. The molecule has 0 amide bonds. The molecule has 1 aromatic heterocycles. The zero-order valence-corrected chi connectivity index (χ0v) is 19.9. The molecule has 7 nitrogen and oxygen atoms in total. The van der Waals surface area contributed by atoms with E-state index in [0.717, 1.165) is 30.8 Å². The van der Waals surface area contributed by atoms with Gasteiger partial charge in [-0.15, -0.1) is 0 Å². The number of piperidine rings is 1. The van der Waals surface area contributed by atoms with Gasteiger partial charge in [0.25, 0.3) is 5.92 Å². The van der Waals surface area contributed by atoms with E-state index in [9.17, 15) is 8.78 Å². The van der Waals surface area contributed by atoms with Crippen molar-refractivity contribution in [1.29, 1.82) is 0 Å². The number of ether oxygens (including phenoxy) is 1. The van der Waals surface area contributed by atoms with E-state index >= 15 is 0 Å². The molecule has 0 saturated carbocycles. The number of fused-ring (bicyclic) bond motifs is 2. The first kappa shape index (κ1) is 22.7. The van der Waals surface area contributed by atoms with E-state index in [2.05, 4.69) is 39.0 Å². The quantitative estimate of drug-likeness (QED) is 0.630. The van der Waals surface area contributed by atoms with Gasteiger partial charge >= 0.3 is 0 Å². The number of hydrogen-bond acceptors (Lipinski definition) is 7. The zero-order valence-electron chi connectivity index (χ0n) is 19.2. The molecule has 0 radical (unpaired) electrons. The van der Waals surface area contributed by atoms with Crippen molar-refractivity contribution in [3.63, 3.8) is 0 Å². The van der Waals surface area contributed by atoms with Crippen LogP contribution >= 0.6 is 11.6 Å². The molecule has 3 aliphatic heterocycles. The SMILES string of the molecule is C=C1C2=C(NCC(F)(F)CO2)c2cc(Nc3nc(N4CCCC(C)C4)ncc3Cl)ccc2N1C. The molecule has 0 aliphatic carbocycles. The highest BCUT2D eigenvalue weighted by atomic mass is 35.5. The van der Waals surface area contributed by atoms with Gasteiger partial charge in [0.1, 0.15) is 5.02 Å². The summed E-state index contributed by atoms with van der Waals surface area (Å²) in [6, 6.07) is 5.66. The maximum absolute atomic E-state index is 14.0. The van der Waals surface area contributed by atoms with Crippen LogP contribution in [-0.2, 0) is 4.74 Å². The molecular weight excluding hydrogens is 462 g/mol. The van der Waals surface area contributed by atoms with Crippen molar-refractivity contribution in [2.45, 2.75) is 25.7 Å².